The van der Waals surface area contributed by atoms with Crippen molar-refractivity contribution < 1.29 is 18.9 Å². The highest BCUT2D eigenvalue weighted by Gasteiger charge is 2.18. The Hall–Kier alpha value is -3.29. The molecular formula is C24H30FN3O4. The van der Waals surface area contributed by atoms with Crippen LogP contribution in [0.2, 0.25) is 0 Å². The van der Waals surface area contributed by atoms with Crippen molar-refractivity contribution >= 4 is 23.2 Å². The Morgan fingerprint density at radius 3 is 2.41 bits per heavy atom. The molecule has 0 aliphatic heterocycles. The summed E-state index contributed by atoms with van der Waals surface area (Å²) in [5.41, 5.74) is 1.09. The second kappa shape index (κ2) is 12.5. The van der Waals surface area contributed by atoms with Crippen LogP contribution in [-0.2, 0) is 4.79 Å². The standard InChI is InChI=1S/C24H30FN3O4/c1-3-4-5-6-7-8-23(29)27(21-13-11-20(25)12-14-21)16-15-26-24(30)19-10-9-18(2)22(17-19)28(31)32/h9-14,17H,3-8,15-16H2,1-2H3,(H,26,30). The fourth-order valence-electron chi connectivity index (χ4n) is 3.36. The van der Waals surface area contributed by atoms with Crippen LogP contribution in [0.3, 0.4) is 0 Å². The van der Waals surface area contributed by atoms with Gasteiger partial charge in [-0.25, -0.2) is 4.39 Å². The number of nitrogens with one attached hydrogen (secondary N) is 1. The molecule has 0 unspecified atom stereocenters. The van der Waals surface area contributed by atoms with Gasteiger partial charge < -0.3 is 10.2 Å². The lowest BCUT2D eigenvalue weighted by Gasteiger charge is -2.23. The maximum absolute atomic E-state index is 13.3. The van der Waals surface area contributed by atoms with Gasteiger partial charge in [0.2, 0.25) is 5.91 Å². The van der Waals surface area contributed by atoms with Crippen LogP contribution >= 0.6 is 0 Å². The first-order chi connectivity index (χ1) is 15.3. The number of carbonyl (C=O) groups excluding carboxylic acids is 2. The summed E-state index contributed by atoms with van der Waals surface area (Å²) >= 11 is 0. The van der Waals surface area contributed by atoms with E-state index in [9.17, 15) is 24.1 Å². The Bertz CT molecular complexity index is 931. The van der Waals surface area contributed by atoms with Gasteiger partial charge in [0.15, 0.2) is 0 Å². The second-order valence-electron chi connectivity index (χ2n) is 7.70. The molecule has 0 heterocycles. The number of hydrogen-bond acceptors (Lipinski definition) is 4. The smallest absolute Gasteiger partial charge is 0.273 e. The minimum absolute atomic E-state index is 0.0895. The molecule has 0 fully saturated rings. The average molecular weight is 444 g/mol. The number of aryl methyl sites for hydroxylation is 1. The number of nitrogens with zero attached hydrogens (tertiary/aromatic N) is 2. The summed E-state index contributed by atoms with van der Waals surface area (Å²) in [5.74, 6) is -0.942. The van der Waals surface area contributed by atoms with E-state index < -0.39 is 16.6 Å². The molecule has 2 amide bonds. The monoisotopic (exact) mass is 443 g/mol. The predicted octanol–water partition coefficient (Wildman–Crippen LogP) is 5.17. The Balaban J connectivity index is 2.00. The quantitative estimate of drug-likeness (QED) is 0.278. The van der Waals surface area contributed by atoms with Crippen LogP contribution in [0.25, 0.3) is 0 Å². The molecule has 0 saturated carbocycles. The van der Waals surface area contributed by atoms with Gasteiger partial charge in [0.1, 0.15) is 5.82 Å². The van der Waals surface area contributed by atoms with Crippen molar-refractivity contribution in [2.45, 2.75) is 52.4 Å². The summed E-state index contributed by atoms with van der Waals surface area (Å²) in [5, 5.41) is 13.8. The third-order valence-corrected chi connectivity index (χ3v) is 5.22. The Morgan fingerprint density at radius 2 is 1.75 bits per heavy atom. The highest BCUT2D eigenvalue weighted by atomic mass is 19.1. The van der Waals surface area contributed by atoms with Gasteiger partial charge in [-0.05, 0) is 43.7 Å². The van der Waals surface area contributed by atoms with Gasteiger partial charge in [-0.15, -0.1) is 0 Å². The lowest BCUT2D eigenvalue weighted by molar-refractivity contribution is -0.385. The summed E-state index contributed by atoms with van der Waals surface area (Å²) in [6.07, 6.45) is 5.46. The summed E-state index contributed by atoms with van der Waals surface area (Å²) in [6.45, 7) is 4.09. The van der Waals surface area contributed by atoms with Crippen molar-refractivity contribution in [1.29, 1.82) is 0 Å². The molecule has 2 rings (SSSR count). The van der Waals surface area contributed by atoms with Crippen molar-refractivity contribution in [3.8, 4) is 0 Å². The zero-order valence-electron chi connectivity index (χ0n) is 18.6. The number of halogens is 1. The number of hydrogen-bond donors (Lipinski definition) is 1. The third-order valence-electron chi connectivity index (χ3n) is 5.22. The highest BCUT2D eigenvalue weighted by Crippen LogP contribution is 2.20. The van der Waals surface area contributed by atoms with E-state index in [1.54, 1.807) is 6.92 Å². The third kappa shape index (κ3) is 7.44. The molecule has 0 aliphatic carbocycles. The number of nitro benzene ring substituents is 1. The average Bonchev–Trinajstić information content (AvgIpc) is 2.77. The molecule has 0 aliphatic rings. The molecule has 8 heteroatoms. The number of rotatable bonds is 12. The van der Waals surface area contributed by atoms with Gasteiger partial charge >= 0.3 is 0 Å². The van der Waals surface area contributed by atoms with Crippen LogP contribution in [0, 0.1) is 22.9 Å². The molecule has 0 aromatic heterocycles. The van der Waals surface area contributed by atoms with Gasteiger partial charge in [0.05, 0.1) is 4.92 Å². The SMILES string of the molecule is CCCCCCCC(=O)N(CCNC(=O)c1ccc(C)c([N+](=O)[O-])c1)c1ccc(F)cc1. The molecule has 2 aromatic carbocycles. The van der Waals surface area contributed by atoms with Gasteiger partial charge in [-0.1, -0.05) is 38.7 Å². The van der Waals surface area contributed by atoms with Crippen LogP contribution in [0.15, 0.2) is 42.5 Å². The molecule has 32 heavy (non-hydrogen) atoms. The van der Waals surface area contributed by atoms with E-state index in [0.717, 1.165) is 32.1 Å². The number of anilines is 1. The molecule has 0 saturated heterocycles. The summed E-state index contributed by atoms with van der Waals surface area (Å²) in [7, 11) is 0. The van der Waals surface area contributed by atoms with Crippen LogP contribution in [-0.4, -0.2) is 29.8 Å². The van der Waals surface area contributed by atoms with E-state index in [0.29, 0.717) is 17.7 Å². The lowest BCUT2D eigenvalue weighted by atomic mass is 10.1. The van der Waals surface area contributed by atoms with E-state index in [1.807, 2.05) is 0 Å². The molecule has 7 nitrogen and oxygen atoms in total. The van der Waals surface area contributed by atoms with E-state index in [4.69, 9.17) is 0 Å². The van der Waals surface area contributed by atoms with Crippen LogP contribution in [0.1, 0.15) is 61.4 Å². The number of benzene rings is 2. The first-order valence-electron chi connectivity index (χ1n) is 10.9. The zero-order valence-corrected chi connectivity index (χ0v) is 18.6. The normalized spacial score (nSPS) is 10.6. The van der Waals surface area contributed by atoms with Crippen molar-refractivity contribution in [2.24, 2.45) is 0 Å². The first kappa shape index (κ1) is 25.0. The Kier molecular flexibility index (Phi) is 9.78. The molecule has 0 spiro atoms. The van der Waals surface area contributed by atoms with E-state index in [1.165, 1.54) is 47.4 Å². The second-order valence-corrected chi connectivity index (χ2v) is 7.70. The zero-order chi connectivity index (χ0) is 23.5. The molecule has 0 atom stereocenters. The van der Waals surface area contributed by atoms with Crippen molar-refractivity contribution in [3.05, 3.63) is 69.5 Å². The Labute approximate surface area is 187 Å². The number of nitro groups is 1. The predicted molar refractivity (Wildman–Crippen MR) is 122 cm³/mol. The highest BCUT2D eigenvalue weighted by molar-refractivity contribution is 5.95. The van der Waals surface area contributed by atoms with Gasteiger partial charge in [-0.3, -0.25) is 19.7 Å². The van der Waals surface area contributed by atoms with E-state index >= 15 is 0 Å². The first-order valence-corrected chi connectivity index (χ1v) is 10.9. The molecule has 2 aromatic rings. The van der Waals surface area contributed by atoms with Crippen LogP contribution in [0.5, 0.6) is 0 Å². The van der Waals surface area contributed by atoms with Crippen LogP contribution in [0.4, 0.5) is 15.8 Å². The minimum Gasteiger partial charge on any atom is -0.350 e. The molecular weight excluding hydrogens is 413 g/mol. The molecule has 172 valence electrons. The minimum atomic E-state index is -0.526. The van der Waals surface area contributed by atoms with Crippen molar-refractivity contribution in [1.82, 2.24) is 5.32 Å². The topological polar surface area (TPSA) is 92.6 Å². The Morgan fingerprint density at radius 1 is 1.06 bits per heavy atom. The number of unbranched alkanes of at least 4 members (excludes halogenated alkanes) is 4. The van der Waals surface area contributed by atoms with Crippen molar-refractivity contribution in [3.63, 3.8) is 0 Å². The molecule has 1 N–H and O–H groups in total. The van der Waals surface area contributed by atoms with Crippen molar-refractivity contribution in [2.75, 3.05) is 18.0 Å². The summed E-state index contributed by atoms with van der Waals surface area (Å²) in [6, 6.07) is 9.95. The maximum atomic E-state index is 13.3. The summed E-state index contributed by atoms with van der Waals surface area (Å²) < 4.78 is 13.3. The van der Waals surface area contributed by atoms with Gasteiger partial charge in [-0.2, -0.15) is 0 Å². The largest absolute Gasteiger partial charge is 0.350 e. The number of carbonyl (C=O) groups is 2. The molecule has 0 bridgehead atoms. The van der Waals surface area contributed by atoms with Crippen LogP contribution < -0.4 is 10.2 Å². The van der Waals surface area contributed by atoms with Gasteiger partial charge in [0.25, 0.3) is 11.6 Å². The van der Waals surface area contributed by atoms with Gasteiger partial charge in [0, 0.05) is 42.4 Å². The fraction of sp³-hybridized carbons (Fsp3) is 0.417. The van der Waals surface area contributed by atoms with E-state index in [-0.39, 0.29) is 30.2 Å². The van der Waals surface area contributed by atoms with E-state index in [2.05, 4.69) is 12.2 Å². The lowest BCUT2D eigenvalue weighted by Crippen LogP contribution is -2.38. The summed E-state index contributed by atoms with van der Waals surface area (Å²) in [4.78, 5) is 37.4. The maximum Gasteiger partial charge on any atom is 0.273 e. The fourth-order valence-corrected chi connectivity index (χ4v) is 3.36. The molecule has 0 radical (unpaired) electrons. The number of amides is 2.